The molecule has 1 saturated heterocycles. The van der Waals surface area contributed by atoms with E-state index in [1.165, 1.54) is 11.5 Å². The Hall–Kier alpha value is -2.16. The lowest BCUT2D eigenvalue weighted by atomic mass is 9.96. The first-order valence-electron chi connectivity index (χ1n) is 8.53. The van der Waals surface area contributed by atoms with Crippen molar-refractivity contribution in [2.45, 2.75) is 58.4 Å². The van der Waals surface area contributed by atoms with Crippen molar-refractivity contribution in [2.24, 2.45) is 0 Å². The largest absolute Gasteiger partial charge is 0.383 e. The van der Waals surface area contributed by atoms with Crippen molar-refractivity contribution in [3.05, 3.63) is 20.8 Å². The number of nitrogens with two attached hydrogens (primary N) is 1. The first-order chi connectivity index (χ1) is 11.8. The van der Waals surface area contributed by atoms with Crippen LogP contribution in [0.15, 0.2) is 9.59 Å². The van der Waals surface area contributed by atoms with Crippen LogP contribution in [0, 0.1) is 0 Å². The molecule has 0 spiro atoms. The number of unbranched alkanes of at least 4 members (excludes halogenated alkanes) is 1. The number of hydrogen-bond acceptors (Lipinski definition) is 5. The molecule has 3 N–H and O–H groups in total. The van der Waals surface area contributed by atoms with Crippen molar-refractivity contribution in [3.63, 3.8) is 0 Å². The first kappa shape index (κ1) is 19.2. The van der Waals surface area contributed by atoms with Gasteiger partial charge in [-0.1, -0.05) is 13.3 Å². The zero-order valence-electron chi connectivity index (χ0n) is 14.8. The number of aromatic amines is 1. The number of anilines is 2. The van der Waals surface area contributed by atoms with Gasteiger partial charge < -0.3 is 15.4 Å². The second kappa shape index (κ2) is 7.38. The minimum absolute atomic E-state index is 0.0382. The Morgan fingerprint density at radius 2 is 2.16 bits per heavy atom. The smallest absolute Gasteiger partial charge is 0.330 e. The highest BCUT2D eigenvalue weighted by Crippen LogP contribution is 2.33. The summed E-state index contributed by atoms with van der Waals surface area (Å²) in [6.07, 6.45) is 0.490. The van der Waals surface area contributed by atoms with E-state index in [0.717, 1.165) is 11.3 Å². The molecule has 2 heterocycles. The quantitative estimate of drug-likeness (QED) is 0.783. The molecule has 0 aromatic carbocycles. The predicted molar refractivity (Wildman–Crippen MR) is 92.5 cm³/mol. The van der Waals surface area contributed by atoms with E-state index < -0.39 is 28.9 Å². The first-order valence-corrected chi connectivity index (χ1v) is 8.53. The average molecular weight is 356 g/mol. The number of aromatic nitrogens is 2. The lowest BCUT2D eigenvalue weighted by Gasteiger charge is -2.30. The average Bonchev–Trinajstić information content (AvgIpc) is 2.91. The van der Waals surface area contributed by atoms with Gasteiger partial charge >= 0.3 is 5.69 Å². The van der Waals surface area contributed by atoms with Crippen LogP contribution in [-0.2, 0) is 16.1 Å². The topological polar surface area (TPSA) is 110 Å². The minimum atomic E-state index is -2.22. The number of rotatable bonds is 6. The molecule has 9 heteroatoms. The molecule has 0 saturated carbocycles. The van der Waals surface area contributed by atoms with E-state index in [-0.39, 0.29) is 31.1 Å². The maximum atomic E-state index is 15.1. The number of carbonyl (C=O) groups is 1. The van der Waals surface area contributed by atoms with Crippen LogP contribution in [0.4, 0.5) is 15.9 Å². The second-order valence-electron chi connectivity index (χ2n) is 6.17. The van der Waals surface area contributed by atoms with Gasteiger partial charge in [0, 0.05) is 19.5 Å². The molecule has 0 bridgehead atoms. The van der Waals surface area contributed by atoms with Gasteiger partial charge in [0.05, 0.1) is 12.7 Å². The van der Waals surface area contributed by atoms with E-state index >= 15 is 4.39 Å². The summed E-state index contributed by atoms with van der Waals surface area (Å²) in [5.74, 6) is -1.01. The highest BCUT2D eigenvalue weighted by Gasteiger charge is 2.51. The van der Waals surface area contributed by atoms with E-state index in [0.29, 0.717) is 13.0 Å². The summed E-state index contributed by atoms with van der Waals surface area (Å²) in [5, 5.41) is 0. The Balaban J connectivity index is 2.52. The van der Waals surface area contributed by atoms with Crippen molar-refractivity contribution < 1.29 is 13.9 Å². The van der Waals surface area contributed by atoms with E-state index in [9.17, 15) is 14.4 Å². The van der Waals surface area contributed by atoms with Crippen LogP contribution >= 0.6 is 0 Å². The summed E-state index contributed by atoms with van der Waals surface area (Å²) in [7, 11) is 0. The van der Waals surface area contributed by atoms with Crippen LogP contribution in [-0.4, -0.2) is 40.4 Å². The lowest BCUT2D eigenvalue weighted by Crippen LogP contribution is -2.52. The number of hydrogen-bond donors (Lipinski definition) is 2. The zero-order chi connectivity index (χ0) is 18.8. The molecule has 25 heavy (non-hydrogen) atoms. The van der Waals surface area contributed by atoms with Gasteiger partial charge in [0.2, 0.25) is 5.67 Å². The summed E-state index contributed by atoms with van der Waals surface area (Å²) >= 11 is 0. The number of alkyl halides is 1. The summed E-state index contributed by atoms with van der Waals surface area (Å²) < 4.78 is 21.5. The molecule has 1 amide bonds. The molecule has 1 fully saturated rings. The molecule has 0 radical (unpaired) electrons. The van der Waals surface area contributed by atoms with Crippen molar-refractivity contribution >= 4 is 17.4 Å². The monoisotopic (exact) mass is 356 g/mol. The van der Waals surface area contributed by atoms with Crippen molar-refractivity contribution in [1.29, 1.82) is 0 Å². The number of nitrogens with one attached hydrogen (secondary N) is 1. The fourth-order valence-electron chi connectivity index (χ4n) is 3.00. The number of H-pyrrole nitrogens is 1. The normalized spacial score (nSPS) is 23.0. The van der Waals surface area contributed by atoms with Crippen LogP contribution in [0.3, 0.4) is 0 Å². The highest BCUT2D eigenvalue weighted by molar-refractivity contribution is 6.01. The number of amides is 1. The number of carbonyl (C=O) groups excluding carboxylic acids is 1. The van der Waals surface area contributed by atoms with Crippen LogP contribution in [0.5, 0.6) is 0 Å². The molecule has 1 aromatic heterocycles. The van der Waals surface area contributed by atoms with E-state index in [1.54, 1.807) is 6.92 Å². The van der Waals surface area contributed by atoms with Crippen LogP contribution in [0.1, 0.15) is 40.0 Å². The highest BCUT2D eigenvalue weighted by atomic mass is 19.1. The Bertz CT molecular complexity index is 759. The third kappa shape index (κ3) is 3.33. The summed E-state index contributed by atoms with van der Waals surface area (Å²) in [5.41, 5.74) is 2.15. The second-order valence-corrected chi connectivity index (χ2v) is 6.17. The van der Waals surface area contributed by atoms with E-state index in [4.69, 9.17) is 10.5 Å². The van der Waals surface area contributed by atoms with Gasteiger partial charge in [-0.2, -0.15) is 0 Å². The van der Waals surface area contributed by atoms with Crippen molar-refractivity contribution in [2.75, 3.05) is 23.8 Å². The summed E-state index contributed by atoms with van der Waals surface area (Å²) in [4.78, 5) is 40.3. The summed E-state index contributed by atoms with van der Waals surface area (Å²) in [6, 6.07) is 0. The van der Waals surface area contributed by atoms with Crippen LogP contribution in [0.25, 0.3) is 0 Å². The van der Waals surface area contributed by atoms with Crippen molar-refractivity contribution in [1.82, 2.24) is 9.55 Å². The fraction of sp³-hybridized carbons (Fsp3) is 0.688. The van der Waals surface area contributed by atoms with E-state index in [1.807, 2.05) is 6.92 Å². The van der Waals surface area contributed by atoms with Gasteiger partial charge in [0.25, 0.3) is 11.5 Å². The van der Waals surface area contributed by atoms with Crippen molar-refractivity contribution in [3.8, 4) is 0 Å². The molecule has 140 valence electrons. The summed E-state index contributed by atoms with van der Waals surface area (Å²) in [6.45, 7) is 5.51. The number of halogens is 1. The van der Waals surface area contributed by atoms with Gasteiger partial charge in [0.1, 0.15) is 5.82 Å². The van der Waals surface area contributed by atoms with Gasteiger partial charge in [-0.15, -0.1) is 0 Å². The van der Waals surface area contributed by atoms with Gasteiger partial charge in [0.15, 0.2) is 5.69 Å². The lowest BCUT2D eigenvalue weighted by molar-refractivity contribution is -0.133. The molecule has 1 aromatic rings. The molecule has 2 unspecified atom stereocenters. The Kier molecular flexibility index (Phi) is 5.66. The predicted octanol–water partition coefficient (Wildman–Crippen LogP) is 0.789. The maximum absolute atomic E-state index is 15.1. The third-order valence-electron chi connectivity index (χ3n) is 4.61. The van der Waals surface area contributed by atoms with Gasteiger partial charge in [-0.3, -0.25) is 19.1 Å². The Labute approximate surface area is 144 Å². The third-order valence-corrected chi connectivity index (χ3v) is 4.61. The fourth-order valence-corrected chi connectivity index (χ4v) is 3.00. The maximum Gasteiger partial charge on any atom is 0.330 e. The number of ether oxygens (including phenoxy) is 1. The molecular weight excluding hydrogens is 331 g/mol. The van der Waals surface area contributed by atoms with Gasteiger partial charge in [-0.05, 0) is 20.3 Å². The molecule has 2 atom stereocenters. The van der Waals surface area contributed by atoms with Crippen LogP contribution < -0.4 is 21.9 Å². The number of nitrogens with zero attached hydrogens (tertiary/aromatic N) is 2. The minimum Gasteiger partial charge on any atom is -0.383 e. The Morgan fingerprint density at radius 1 is 1.48 bits per heavy atom. The Morgan fingerprint density at radius 3 is 2.68 bits per heavy atom. The zero-order valence-corrected chi connectivity index (χ0v) is 14.8. The molecule has 1 aliphatic heterocycles. The van der Waals surface area contributed by atoms with Crippen LogP contribution in [0.2, 0.25) is 0 Å². The molecule has 2 rings (SSSR count). The SMILES string of the molecule is CCCCn1c(N)c(N(CC)C(=O)C2(F)CCOC2C)c(=O)[nH]c1=O. The molecule has 0 aliphatic carbocycles. The standard InChI is InChI=1S/C16H25FN4O4/c1-4-6-8-21-12(18)11(13(22)19-15(21)24)20(5-2)14(23)16(17)7-9-25-10(16)3/h10H,4-9,18H2,1-3H3,(H,19,22,24). The van der Waals surface area contributed by atoms with E-state index in [2.05, 4.69) is 4.98 Å². The van der Waals surface area contributed by atoms with Gasteiger partial charge in [-0.25, -0.2) is 9.18 Å². The molecule has 1 aliphatic rings. The molecular formula is C16H25FN4O4. The molecule has 8 nitrogen and oxygen atoms in total. The number of nitrogen functional groups attached to an aromatic ring is 1.